The lowest BCUT2D eigenvalue weighted by atomic mass is 9.85. The molecule has 0 radical (unpaired) electrons. The Morgan fingerprint density at radius 1 is 1.00 bits per heavy atom. The van der Waals surface area contributed by atoms with Gasteiger partial charge in [0.25, 0.3) is 5.91 Å². The summed E-state index contributed by atoms with van der Waals surface area (Å²) in [6, 6.07) is -3.51. The molecule has 3 aliphatic rings. The predicted octanol–water partition coefficient (Wildman–Crippen LogP) is 2.26. The highest BCUT2D eigenvalue weighted by Gasteiger charge is 2.70. The number of carbonyl (C=O) groups excluding carboxylic acids is 6. The lowest BCUT2D eigenvalue weighted by molar-refractivity contribution is -0.145. The van der Waals surface area contributed by atoms with Crippen molar-refractivity contribution in [1.29, 1.82) is 0 Å². The second-order valence-corrected chi connectivity index (χ2v) is 15.8. The Morgan fingerprint density at radius 2 is 1.67 bits per heavy atom. The lowest BCUT2D eigenvalue weighted by Crippen LogP contribution is -2.62. The minimum Gasteiger partial charge on any atom is -0.356 e. The molecule has 6 amide bonds. The molecule has 3 rings (SSSR count). The number of fused-ring (bicyclic) bond motifs is 1. The van der Waals surface area contributed by atoms with E-state index in [0.717, 1.165) is 25.7 Å². The number of hydrogen-bond donors (Lipinski definition) is 5. The van der Waals surface area contributed by atoms with Crippen molar-refractivity contribution < 1.29 is 28.8 Å². The number of hydrogen-bond acceptors (Lipinski definition) is 6. The van der Waals surface area contributed by atoms with E-state index in [4.69, 9.17) is 0 Å². The number of unbranched alkanes of at least 4 members (excludes halogenated alkanes) is 3. The van der Waals surface area contributed by atoms with Gasteiger partial charge in [-0.1, -0.05) is 60.8 Å². The van der Waals surface area contributed by atoms with Gasteiger partial charge < -0.3 is 31.5 Å². The van der Waals surface area contributed by atoms with Crippen molar-refractivity contribution in [2.24, 2.45) is 28.6 Å². The molecule has 0 bridgehead atoms. The average molecular weight is 633 g/mol. The van der Waals surface area contributed by atoms with Crippen LogP contribution in [0.1, 0.15) is 101 Å². The number of piperidine rings is 1. The van der Waals surface area contributed by atoms with Gasteiger partial charge in [-0.15, -0.1) is 0 Å². The van der Waals surface area contributed by atoms with E-state index in [0.29, 0.717) is 26.1 Å². The van der Waals surface area contributed by atoms with Gasteiger partial charge in [-0.3, -0.25) is 24.0 Å². The fourth-order valence-electron chi connectivity index (χ4n) is 6.78. The van der Waals surface area contributed by atoms with Gasteiger partial charge in [-0.05, 0) is 62.7 Å². The molecule has 0 spiro atoms. The fraction of sp³-hybridized carbons (Fsp3) is 0.818. The molecule has 0 aromatic rings. The highest BCUT2D eigenvalue weighted by molar-refractivity contribution is 6.38. The zero-order chi connectivity index (χ0) is 33.9. The summed E-state index contributed by atoms with van der Waals surface area (Å²) in [4.78, 5) is 81.4. The molecule has 1 saturated carbocycles. The number of amides is 6. The summed E-state index contributed by atoms with van der Waals surface area (Å²) >= 11 is 0. The standard InChI is InChI=1S/C33H56N6O6/c1-10-11-12-13-15-34-28(43)24(40)21(17-19-14-16-35-26(19)41)36-27(42)23-22-20(33(22,8)9)18-39(23)29(44)25(31(2,3)4)37-30(45)38-32(5,6)7/h19-23,25H,10-18H2,1-9H3,(H,34,43)(H,35,41)(H,36,42)(H2,37,38,45)/t19?,20-,21?,22-,23-,25?/m0/s1. The molecule has 12 nitrogen and oxygen atoms in total. The van der Waals surface area contributed by atoms with Crippen molar-refractivity contribution >= 4 is 35.4 Å². The molecule has 1 aliphatic carbocycles. The second kappa shape index (κ2) is 14.1. The van der Waals surface area contributed by atoms with Gasteiger partial charge in [-0.2, -0.15) is 0 Å². The van der Waals surface area contributed by atoms with Gasteiger partial charge in [0.2, 0.25) is 23.5 Å². The summed E-state index contributed by atoms with van der Waals surface area (Å²) < 4.78 is 0. The van der Waals surface area contributed by atoms with Crippen LogP contribution in [-0.4, -0.2) is 83.6 Å². The molecule has 3 unspecified atom stereocenters. The van der Waals surface area contributed by atoms with Crippen LogP contribution < -0.4 is 26.6 Å². The first-order chi connectivity index (χ1) is 20.8. The predicted molar refractivity (Wildman–Crippen MR) is 171 cm³/mol. The molecule has 2 heterocycles. The lowest BCUT2D eigenvalue weighted by Gasteiger charge is -2.38. The van der Waals surface area contributed by atoms with Gasteiger partial charge in [0, 0.05) is 31.1 Å². The Balaban J connectivity index is 1.83. The molecule has 6 atom stereocenters. The number of carbonyl (C=O) groups is 6. The maximum atomic E-state index is 14.1. The van der Waals surface area contributed by atoms with Crippen LogP contribution in [0.4, 0.5) is 4.79 Å². The van der Waals surface area contributed by atoms with Crippen molar-refractivity contribution in [3.8, 4) is 0 Å². The summed E-state index contributed by atoms with van der Waals surface area (Å²) in [5.41, 5.74) is -1.39. The number of nitrogens with one attached hydrogen (secondary N) is 5. The monoisotopic (exact) mass is 632 g/mol. The maximum absolute atomic E-state index is 14.1. The summed E-state index contributed by atoms with van der Waals surface area (Å²) in [6.07, 6.45) is 4.24. The quantitative estimate of drug-likeness (QED) is 0.154. The van der Waals surface area contributed by atoms with Crippen LogP contribution in [0.2, 0.25) is 0 Å². The smallest absolute Gasteiger partial charge is 0.315 e. The van der Waals surface area contributed by atoms with Crippen LogP contribution in [0.25, 0.3) is 0 Å². The van der Waals surface area contributed by atoms with Crippen LogP contribution in [0.3, 0.4) is 0 Å². The van der Waals surface area contributed by atoms with Crippen molar-refractivity contribution in [2.45, 2.75) is 125 Å². The average Bonchev–Trinajstić information content (AvgIpc) is 3.25. The Bertz CT molecular complexity index is 1160. The highest BCUT2D eigenvalue weighted by Crippen LogP contribution is 2.65. The van der Waals surface area contributed by atoms with Crippen molar-refractivity contribution in [1.82, 2.24) is 31.5 Å². The van der Waals surface area contributed by atoms with E-state index in [1.807, 2.05) is 41.5 Å². The van der Waals surface area contributed by atoms with Crippen LogP contribution >= 0.6 is 0 Å². The SMILES string of the molecule is CCCCCCNC(=O)C(=O)C(CC1CCNC1=O)NC(=O)[C@@H]1[C@@H]2[C@H](CN1C(=O)C(NC(=O)NC(C)(C)C)C(C)(C)C)C2(C)C. The Labute approximate surface area is 268 Å². The summed E-state index contributed by atoms with van der Waals surface area (Å²) in [6.45, 7) is 18.4. The van der Waals surface area contributed by atoms with E-state index in [-0.39, 0.29) is 35.5 Å². The van der Waals surface area contributed by atoms with Crippen molar-refractivity contribution in [3.63, 3.8) is 0 Å². The third-order valence-electron chi connectivity index (χ3n) is 9.49. The Morgan fingerprint density at radius 3 is 2.22 bits per heavy atom. The number of ketones is 1. The second-order valence-electron chi connectivity index (χ2n) is 15.8. The van der Waals surface area contributed by atoms with Gasteiger partial charge >= 0.3 is 6.03 Å². The first-order valence-corrected chi connectivity index (χ1v) is 16.6. The minimum atomic E-state index is -1.21. The first kappa shape index (κ1) is 36.3. The Kier molecular flexibility index (Phi) is 11.3. The molecule has 0 aromatic heterocycles. The van der Waals surface area contributed by atoms with E-state index in [1.165, 1.54) is 4.90 Å². The van der Waals surface area contributed by atoms with E-state index < -0.39 is 58.6 Å². The molecule has 12 heteroatoms. The van der Waals surface area contributed by atoms with E-state index in [2.05, 4.69) is 47.4 Å². The Hall–Kier alpha value is -3.18. The van der Waals surface area contributed by atoms with Crippen LogP contribution in [0.5, 0.6) is 0 Å². The fourth-order valence-corrected chi connectivity index (χ4v) is 6.78. The normalized spacial score (nSPS) is 25.0. The molecule has 254 valence electrons. The number of Topliss-reactive ketones (excluding diaryl/α,β-unsaturated/α-hetero) is 1. The molecular formula is C33H56N6O6. The number of likely N-dealkylation sites (tertiary alicyclic amines) is 1. The zero-order valence-electron chi connectivity index (χ0n) is 28.7. The van der Waals surface area contributed by atoms with Crippen LogP contribution in [0, 0.1) is 28.6 Å². The summed E-state index contributed by atoms with van der Waals surface area (Å²) in [7, 11) is 0. The van der Waals surface area contributed by atoms with Gasteiger partial charge in [-0.25, -0.2) is 4.79 Å². The van der Waals surface area contributed by atoms with Crippen molar-refractivity contribution in [2.75, 3.05) is 19.6 Å². The molecule has 2 aliphatic heterocycles. The third-order valence-corrected chi connectivity index (χ3v) is 9.49. The van der Waals surface area contributed by atoms with E-state index >= 15 is 0 Å². The van der Waals surface area contributed by atoms with E-state index in [9.17, 15) is 28.8 Å². The molecule has 5 N–H and O–H groups in total. The summed E-state index contributed by atoms with van der Waals surface area (Å²) in [5, 5.41) is 13.9. The van der Waals surface area contributed by atoms with Crippen molar-refractivity contribution in [3.05, 3.63) is 0 Å². The van der Waals surface area contributed by atoms with Gasteiger partial charge in [0.05, 0.1) is 6.04 Å². The number of rotatable bonds is 13. The molecular weight excluding hydrogens is 576 g/mol. The van der Waals surface area contributed by atoms with E-state index in [1.54, 1.807) is 0 Å². The third kappa shape index (κ3) is 8.97. The molecule has 2 saturated heterocycles. The summed E-state index contributed by atoms with van der Waals surface area (Å²) in [5.74, 6) is -3.30. The largest absolute Gasteiger partial charge is 0.356 e. The highest BCUT2D eigenvalue weighted by atomic mass is 16.2. The molecule has 3 fully saturated rings. The number of urea groups is 1. The number of nitrogens with zero attached hydrogens (tertiary/aromatic N) is 1. The minimum absolute atomic E-state index is 0.00301. The molecule has 0 aromatic carbocycles. The first-order valence-electron chi connectivity index (χ1n) is 16.6. The van der Waals surface area contributed by atoms with Gasteiger partial charge in [0.15, 0.2) is 0 Å². The van der Waals surface area contributed by atoms with Gasteiger partial charge in [0.1, 0.15) is 12.1 Å². The van der Waals surface area contributed by atoms with Crippen LogP contribution in [-0.2, 0) is 24.0 Å². The zero-order valence-corrected chi connectivity index (χ0v) is 28.7. The van der Waals surface area contributed by atoms with Crippen LogP contribution in [0.15, 0.2) is 0 Å². The molecule has 45 heavy (non-hydrogen) atoms. The topological polar surface area (TPSA) is 166 Å². The maximum Gasteiger partial charge on any atom is 0.315 e.